The third kappa shape index (κ3) is 4.88. The van der Waals surface area contributed by atoms with Crippen LogP contribution in [0.4, 0.5) is 13.2 Å². The van der Waals surface area contributed by atoms with Crippen molar-refractivity contribution in [2.75, 3.05) is 6.54 Å². The van der Waals surface area contributed by atoms with Gasteiger partial charge in [0.15, 0.2) is 17.3 Å². The van der Waals surface area contributed by atoms with Gasteiger partial charge in [-0.05, 0) is 71.6 Å². The molecule has 4 atom stereocenters. The molecule has 0 bridgehead atoms. The van der Waals surface area contributed by atoms with Gasteiger partial charge >= 0.3 is 6.18 Å². The number of hydrogen-bond acceptors (Lipinski definition) is 8. The first kappa shape index (κ1) is 31.1. The molecule has 11 heteroatoms. The predicted molar refractivity (Wildman–Crippen MR) is 173 cm³/mol. The molecule has 9 rings (SSSR count). The summed E-state index contributed by atoms with van der Waals surface area (Å²) in [6.45, 7) is 0.845. The van der Waals surface area contributed by atoms with Crippen LogP contribution in [0.5, 0.6) is 11.6 Å². The molecule has 1 spiro atoms. The molecule has 4 aromatic rings. The number of carbonyl (C=O) groups is 2. The Labute approximate surface area is 285 Å². The van der Waals surface area contributed by atoms with E-state index in [-0.39, 0.29) is 77.7 Å². The van der Waals surface area contributed by atoms with Gasteiger partial charge in [-0.15, -0.1) is 0 Å². The number of benzene rings is 3. The fourth-order valence-corrected chi connectivity index (χ4v) is 8.56. The lowest BCUT2D eigenvalue weighted by molar-refractivity contribution is -0.139. The Morgan fingerprint density at radius 3 is 2.32 bits per heavy atom. The molecule has 5 aliphatic rings. The minimum absolute atomic E-state index is 0.0319. The maximum absolute atomic E-state index is 15.2. The highest BCUT2D eigenvalue weighted by Gasteiger charge is 2.72. The lowest BCUT2D eigenvalue weighted by Gasteiger charge is -2.37. The Kier molecular flexibility index (Phi) is 7.21. The van der Waals surface area contributed by atoms with Crippen LogP contribution in [0.25, 0.3) is 0 Å². The van der Waals surface area contributed by atoms with Gasteiger partial charge in [0.2, 0.25) is 11.4 Å². The summed E-state index contributed by atoms with van der Waals surface area (Å²) >= 11 is 0. The van der Waals surface area contributed by atoms with Crippen LogP contribution in [0.1, 0.15) is 86.0 Å². The first-order valence-electron chi connectivity index (χ1n) is 17.1. The molecule has 3 heterocycles. The van der Waals surface area contributed by atoms with E-state index in [9.17, 15) is 9.59 Å². The molecule has 0 radical (unpaired) electrons. The zero-order chi connectivity index (χ0) is 34.2. The summed E-state index contributed by atoms with van der Waals surface area (Å²) in [6, 6.07) is 19.6. The Balaban J connectivity index is 1.12. The minimum Gasteiger partial charge on any atom is -0.488 e. The predicted octanol–water partition coefficient (Wildman–Crippen LogP) is 7.50. The standard InChI is InChI=1S/C39H33F3N2O6/c40-39(41,42)33-25(27-13-7-8-14-43-27)18-28(47-19-21-9-3-1-4-10-21)31-26(33)16-23-15-24-17-29-32(35(46)38(24)36(49-38)30(23)34(31)45)37(44-50-29)48-20-22-11-5-2-6-12-22/h1-6,9-12,18,23-24,27,43H,7-8,13-17,19-20H2/t23?,24-,27?,38+/m0/s1. The fourth-order valence-electron chi connectivity index (χ4n) is 8.56. The SMILES string of the molecule is O=C1C2=C3O[C@]34C(=O)c3c(OCc5ccccc5)noc3C[C@@H]4CC2Cc2c1c(OCc1ccccc1)cc(C1CCCCN1)c2C(F)(F)F. The number of ether oxygens (including phenoxy) is 3. The number of hydrogen-bond donors (Lipinski definition) is 1. The van der Waals surface area contributed by atoms with Gasteiger partial charge in [0, 0.05) is 24.0 Å². The van der Waals surface area contributed by atoms with E-state index >= 15 is 13.2 Å². The Morgan fingerprint density at radius 1 is 0.920 bits per heavy atom. The number of Topliss-reactive ketones (excluding diaryl/α,β-unsaturated/α-hetero) is 2. The van der Waals surface area contributed by atoms with Crippen molar-refractivity contribution >= 4 is 11.6 Å². The molecule has 2 aliphatic heterocycles. The third-order valence-corrected chi connectivity index (χ3v) is 10.9. The first-order valence-corrected chi connectivity index (χ1v) is 17.1. The molecule has 2 unspecified atom stereocenters. The zero-order valence-electron chi connectivity index (χ0n) is 27.0. The van der Waals surface area contributed by atoms with Gasteiger partial charge in [0.05, 0.1) is 11.1 Å². The second-order valence-electron chi connectivity index (χ2n) is 13.8. The van der Waals surface area contributed by atoms with Gasteiger partial charge in [-0.25, -0.2) is 0 Å². The second kappa shape index (κ2) is 11.6. The van der Waals surface area contributed by atoms with Crippen LogP contribution in [-0.4, -0.2) is 28.9 Å². The summed E-state index contributed by atoms with van der Waals surface area (Å²) in [4.78, 5) is 28.9. The van der Waals surface area contributed by atoms with Crippen LogP contribution in [0.15, 0.2) is 82.6 Å². The fraction of sp³-hybridized carbons (Fsp3) is 0.359. The Morgan fingerprint density at radius 2 is 1.64 bits per heavy atom. The molecule has 3 aliphatic carbocycles. The van der Waals surface area contributed by atoms with E-state index in [2.05, 4.69) is 10.5 Å². The number of alkyl halides is 3. The highest BCUT2D eigenvalue weighted by atomic mass is 19.4. The van der Waals surface area contributed by atoms with Crippen molar-refractivity contribution in [3.8, 4) is 11.6 Å². The number of ketones is 2. The molecule has 0 amide bonds. The molecular weight excluding hydrogens is 649 g/mol. The van der Waals surface area contributed by atoms with E-state index in [0.717, 1.165) is 24.0 Å². The van der Waals surface area contributed by atoms with Crippen molar-refractivity contribution < 1.29 is 41.5 Å². The van der Waals surface area contributed by atoms with E-state index in [1.165, 1.54) is 6.07 Å². The number of carbonyl (C=O) groups excluding carboxylic acids is 2. The maximum atomic E-state index is 15.2. The normalized spacial score (nSPS) is 25.1. The van der Waals surface area contributed by atoms with Crippen LogP contribution in [0.2, 0.25) is 0 Å². The number of fused-ring (bicyclic) bond motifs is 3. The van der Waals surface area contributed by atoms with E-state index in [0.29, 0.717) is 18.7 Å². The lowest BCUT2D eigenvalue weighted by Crippen LogP contribution is -2.44. The topological polar surface area (TPSA) is 103 Å². The number of rotatable bonds is 7. The summed E-state index contributed by atoms with van der Waals surface area (Å²) in [6.07, 6.45) is -1.96. The van der Waals surface area contributed by atoms with Crippen LogP contribution >= 0.6 is 0 Å². The number of piperidine rings is 1. The van der Waals surface area contributed by atoms with Gasteiger partial charge in [-0.2, -0.15) is 13.2 Å². The molecule has 8 nitrogen and oxygen atoms in total. The Bertz CT molecular complexity index is 2050. The van der Waals surface area contributed by atoms with Gasteiger partial charge in [-0.1, -0.05) is 67.1 Å². The summed E-state index contributed by atoms with van der Waals surface area (Å²) in [5.74, 6) is -1.23. The minimum atomic E-state index is -4.71. The molecular formula is C39H33F3N2O6. The third-order valence-electron chi connectivity index (χ3n) is 10.9. The van der Waals surface area contributed by atoms with Crippen molar-refractivity contribution in [2.24, 2.45) is 11.8 Å². The van der Waals surface area contributed by atoms with Crippen LogP contribution < -0.4 is 14.8 Å². The van der Waals surface area contributed by atoms with Gasteiger partial charge < -0.3 is 24.1 Å². The average Bonchev–Trinajstić information content (AvgIpc) is 3.75. The molecule has 1 N–H and O–H groups in total. The lowest BCUT2D eigenvalue weighted by atomic mass is 9.62. The number of allylic oxidation sites excluding steroid dienone is 1. The molecule has 50 heavy (non-hydrogen) atoms. The van der Waals surface area contributed by atoms with E-state index in [1.54, 1.807) is 0 Å². The largest absolute Gasteiger partial charge is 0.488 e. The molecule has 2 saturated heterocycles. The Hall–Kier alpha value is -4.90. The molecule has 1 aromatic heterocycles. The van der Waals surface area contributed by atoms with Gasteiger partial charge in [0.1, 0.15) is 24.5 Å². The van der Waals surface area contributed by atoms with E-state index < -0.39 is 46.8 Å². The summed E-state index contributed by atoms with van der Waals surface area (Å²) in [7, 11) is 0. The van der Waals surface area contributed by atoms with Crippen LogP contribution in [0, 0.1) is 11.8 Å². The summed E-state index contributed by atoms with van der Waals surface area (Å²) in [5.41, 5.74) is -0.0533. The van der Waals surface area contributed by atoms with Crippen molar-refractivity contribution in [3.63, 3.8) is 0 Å². The van der Waals surface area contributed by atoms with Crippen molar-refractivity contribution in [3.05, 3.63) is 123 Å². The quantitative estimate of drug-likeness (QED) is 0.200. The van der Waals surface area contributed by atoms with Crippen molar-refractivity contribution in [1.29, 1.82) is 0 Å². The number of halogens is 3. The average molecular weight is 683 g/mol. The zero-order valence-corrected chi connectivity index (χ0v) is 27.0. The first-order chi connectivity index (χ1) is 24.2. The molecule has 3 aromatic carbocycles. The van der Waals surface area contributed by atoms with Crippen LogP contribution in [-0.2, 0) is 37.0 Å². The molecule has 0 saturated carbocycles. The summed E-state index contributed by atoms with van der Waals surface area (Å²) < 4.78 is 69.5. The second-order valence-corrected chi connectivity index (χ2v) is 13.8. The number of epoxide rings is 1. The highest BCUT2D eigenvalue weighted by Crippen LogP contribution is 2.63. The van der Waals surface area contributed by atoms with E-state index in [1.807, 2.05) is 60.7 Å². The number of nitrogens with zero attached hydrogens (tertiary/aromatic N) is 1. The highest BCUT2D eigenvalue weighted by molar-refractivity contribution is 6.17. The van der Waals surface area contributed by atoms with Gasteiger partial charge in [0.25, 0.3) is 5.88 Å². The monoisotopic (exact) mass is 682 g/mol. The van der Waals surface area contributed by atoms with Gasteiger partial charge in [-0.3, -0.25) is 9.59 Å². The molecule has 256 valence electrons. The van der Waals surface area contributed by atoms with Crippen molar-refractivity contribution in [2.45, 2.75) is 69.6 Å². The summed E-state index contributed by atoms with van der Waals surface area (Å²) in [5, 5.41) is 7.33. The number of nitrogens with one attached hydrogen (secondary N) is 1. The smallest absolute Gasteiger partial charge is 0.417 e. The maximum Gasteiger partial charge on any atom is 0.417 e. The van der Waals surface area contributed by atoms with Crippen molar-refractivity contribution in [1.82, 2.24) is 10.5 Å². The molecule has 2 fully saturated rings. The van der Waals surface area contributed by atoms with Crippen LogP contribution in [0.3, 0.4) is 0 Å². The number of aromatic nitrogens is 1. The van der Waals surface area contributed by atoms with E-state index in [4.69, 9.17) is 18.7 Å².